The molecule has 0 aromatic heterocycles. The van der Waals surface area contributed by atoms with Crippen molar-refractivity contribution in [1.82, 2.24) is 4.90 Å². The molecule has 0 aromatic carbocycles. The summed E-state index contributed by atoms with van der Waals surface area (Å²) in [5, 5.41) is 0. The van der Waals surface area contributed by atoms with Crippen molar-refractivity contribution in [2.24, 2.45) is 0 Å². The van der Waals surface area contributed by atoms with Gasteiger partial charge in [-0.05, 0) is 26.0 Å². The van der Waals surface area contributed by atoms with E-state index in [0.717, 1.165) is 18.6 Å². The van der Waals surface area contributed by atoms with Crippen molar-refractivity contribution >= 4 is 29.3 Å². The fraction of sp³-hybridized carbons (Fsp3) is 0.900. The van der Waals surface area contributed by atoms with Crippen LogP contribution in [0.5, 0.6) is 0 Å². The first-order valence-corrected chi connectivity index (χ1v) is 6.86. The molecule has 0 saturated heterocycles. The normalized spacial score (nSPS) is 12.6. The summed E-state index contributed by atoms with van der Waals surface area (Å²) in [5.74, 6) is 1.88. The number of alkyl halides is 1. The lowest BCUT2D eigenvalue weighted by atomic mass is 10.2. The second-order valence-corrected chi connectivity index (χ2v) is 4.74. The van der Waals surface area contributed by atoms with Crippen LogP contribution in [0.2, 0.25) is 0 Å². The van der Waals surface area contributed by atoms with Crippen LogP contribution in [0, 0.1) is 0 Å². The number of thioether (sulfide) groups is 1. The van der Waals surface area contributed by atoms with E-state index >= 15 is 0 Å². The molecule has 4 heteroatoms. The van der Waals surface area contributed by atoms with Gasteiger partial charge in [0.1, 0.15) is 0 Å². The summed E-state index contributed by atoms with van der Waals surface area (Å²) in [6.45, 7) is 2.08. The molecular weight excluding hydrogens is 218 g/mol. The zero-order valence-corrected chi connectivity index (χ0v) is 10.8. The first-order valence-electron chi connectivity index (χ1n) is 4.94. The van der Waals surface area contributed by atoms with E-state index in [1.807, 2.05) is 11.9 Å². The van der Waals surface area contributed by atoms with Gasteiger partial charge < -0.3 is 4.90 Å². The van der Waals surface area contributed by atoms with E-state index in [1.165, 1.54) is 0 Å². The largest absolute Gasteiger partial charge is 0.342 e. The van der Waals surface area contributed by atoms with E-state index in [2.05, 4.69) is 13.2 Å². The minimum absolute atomic E-state index is 0.233. The second kappa shape index (κ2) is 8.42. The third-order valence-electron chi connectivity index (χ3n) is 2.24. The molecule has 0 aliphatic rings. The number of unbranched alkanes of at least 4 members (excludes halogenated alkanes) is 1. The molecule has 0 heterocycles. The second-order valence-electron chi connectivity index (χ2n) is 3.46. The fourth-order valence-corrected chi connectivity index (χ4v) is 2.04. The Kier molecular flexibility index (Phi) is 8.49. The van der Waals surface area contributed by atoms with Crippen LogP contribution in [0.15, 0.2) is 0 Å². The third kappa shape index (κ3) is 5.76. The van der Waals surface area contributed by atoms with Crippen LogP contribution in [0.25, 0.3) is 0 Å². The summed E-state index contributed by atoms with van der Waals surface area (Å²) in [5.41, 5.74) is 0. The fourth-order valence-electron chi connectivity index (χ4n) is 1.15. The maximum atomic E-state index is 11.6. The van der Waals surface area contributed by atoms with Crippen molar-refractivity contribution in [3.8, 4) is 0 Å². The van der Waals surface area contributed by atoms with E-state index in [-0.39, 0.29) is 5.91 Å². The number of nitrogens with zero attached hydrogens (tertiary/aromatic N) is 1. The van der Waals surface area contributed by atoms with Gasteiger partial charge in [0.05, 0.1) is 0 Å². The van der Waals surface area contributed by atoms with Crippen LogP contribution in [-0.4, -0.2) is 41.8 Å². The molecule has 0 radical (unpaired) electrons. The predicted molar refractivity (Wildman–Crippen MR) is 65.2 cm³/mol. The average Bonchev–Trinajstić information content (AvgIpc) is 2.17. The van der Waals surface area contributed by atoms with Gasteiger partial charge in [0.15, 0.2) is 0 Å². The highest BCUT2D eigenvalue weighted by Crippen LogP contribution is 2.07. The van der Waals surface area contributed by atoms with Crippen molar-refractivity contribution in [2.75, 3.05) is 24.9 Å². The van der Waals surface area contributed by atoms with Crippen molar-refractivity contribution in [2.45, 2.75) is 32.2 Å². The first-order chi connectivity index (χ1) is 6.63. The Morgan fingerprint density at radius 1 is 1.50 bits per heavy atom. The molecule has 84 valence electrons. The Morgan fingerprint density at radius 2 is 2.14 bits per heavy atom. The Morgan fingerprint density at radius 3 is 2.64 bits per heavy atom. The number of hydrogen-bond donors (Lipinski definition) is 0. The van der Waals surface area contributed by atoms with Gasteiger partial charge in [-0.2, -0.15) is 11.8 Å². The molecule has 1 atom stereocenters. The number of carbonyl (C=O) groups excluding carboxylic acids is 1. The Bertz CT molecular complexity index is 166. The zero-order valence-electron chi connectivity index (χ0n) is 9.25. The summed E-state index contributed by atoms with van der Waals surface area (Å²) < 4.78 is 0. The van der Waals surface area contributed by atoms with E-state index in [1.54, 1.807) is 11.8 Å². The summed E-state index contributed by atoms with van der Waals surface area (Å²) in [7, 11) is 1.88. The molecule has 0 spiro atoms. The number of halogens is 1. The highest BCUT2D eigenvalue weighted by molar-refractivity contribution is 7.98. The lowest BCUT2D eigenvalue weighted by molar-refractivity contribution is -0.131. The smallest absolute Gasteiger partial charge is 0.222 e. The maximum Gasteiger partial charge on any atom is 0.222 e. The Hall–Kier alpha value is 0.110. The molecule has 0 aromatic rings. The van der Waals surface area contributed by atoms with E-state index in [9.17, 15) is 4.79 Å². The Labute approximate surface area is 96.4 Å². The average molecular weight is 238 g/mol. The van der Waals surface area contributed by atoms with Crippen LogP contribution in [0.1, 0.15) is 26.2 Å². The minimum Gasteiger partial charge on any atom is -0.342 e. The lowest BCUT2D eigenvalue weighted by Crippen LogP contribution is -2.36. The SMILES string of the molecule is CSCC(C)N(C)C(=O)CCCCCl. The van der Waals surface area contributed by atoms with Gasteiger partial charge in [0.2, 0.25) is 5.91 Å². The molecule has 0 aliphatic heterocycles. The maximum absolute atomic E-state index is 11.6. The van der Waals surface area contributed by atoms with Crippen LogP contribution in [0.3, 0.4) is 0 Å². The quantitative estimate of drug-likeness (QED) is 0.501. The molecule has 14 heavy (non-hydrogen) atoms. The summed E-state index contributed by atoms with van der Waals surface area (Å²) in [6, 6.07) is 0.327. The van der Waals surface area contributed by atoms with Gasteiger partial charge >= 0.3 is 0 Å². The van der Waals surface area contributed by atoms with Crippen molar-refractivity contribution in [3.05, 3.63) is 0 Å². The van der Waals surface area contributed by atoms with Gasteiger partial charge in [-0.25, -0.2) is 0 Å². The molecule has 1 amide bonds. The Balaban J connectivity index is 3.74. The van der Waals surface area contributed by atoms with Crippen molar-refractivity contribution in [3.63, 3.8) is 0 Å². The highest BCUT2D eigenvalue weighted by Gasteiger charge is 2.14. The molecule has 0 bridgehead atoms. The predicted octanol–water partition coefficient (Wildman–Crippen LogP) is 2.61. The van der Waals surface area contributed by atoms with E-state index in [0.29, 0.717) is 18.3 Å². The molecular formula is C10H20ClNOS. The molecule has 0 N–H and O–H groups in total. The molecule has 0 saturated carbocycles. The minimum atomic E-state index is 0.233. The van der Waals surface area contributed by atoms with E-state index in [4.69, 9.17) is 11.6 Å². The first kappa shape index (κ1) is 14.1. The zero-order chi connectivity index (χ0) is 11.0. The van der Waals surface area contributed by atoms with Crippen LogP contribution >= 0.6 is 23.4 Å². The van der Waals surface area contributed by atoms with Gasteiger partial charge in [-0.15, -0.1) is 11.6 Å². The highest BCUT2D eigenvalue weighted by atomic mass is 35.5. The van der Waals surface area contributed by atoms with Crippen LogP contribution in [-0.2, 0) is 4.79 Å². The topological polar surface area (TPSA) is 20.3 Å². The van der Waals surface area contributed by atoms with Crippen molar-refractivity contribution in [1.29, 1.82) is 0 Å². The van der Waals surface area contributed by atoms with Gasteiger partial charge in [-0.1, -0.05) is 0 Å². The number of rotatable bonds is 7. The molecule has 0 aliphatic carbocycles. The van der Waals surface area contributed by atoms with E-state index < -0.39 is 0 Å². The van der Waals surface area contributed by atoms with Crippen LogP contribution in [0.4, 0.5) is 0 Å². The summed E-state index contributed by atoms with van der Waals surface area (Å²) in [6.07, 6.45) is 4.51. The third-order valence-corrected chi connectivity index (χ3v) is 3.32. The van der Waals surface area contributed by atoms with Gasteiger partial charge in [-0.3, -0.25) is 4.79 Å². The molecule has 0 fully saturated rings. The summed E-state index contributed by atoms with van der Waals surface area (Å²) in [4.78, 5) is 13.4. The molecule has 1 unspecified atom stereocenters. The standard InChI is InChI=1S/C10H20ClNOS/c1-9(8-14-3)12(2)10(13)6-4-5-7-11/h9H,4-8H2,1-3H3. The number of hydrogen-bond acceptors (Lipinski definition) is 2. The number of carbonyl (C=O) groups is 1. The number of amides is 1. The monoisotopic (exact) mass is 237 g/mol. The van der Waals surface area contributed by atoms with Gasteiger partial charge in [0, 0.05) is 31.1 Å². The lowest BCUT2D eigenvalue weighted by Gasteiger charge is -2.24. The molecule has 2 nitrogen and oxygen atoms in total. The van der Waals surface area contributed by atoms with Gasteiger partial charge in [0.25, 0.3) is 0 Å². The molecule has 0 rings (SSSR count). The van der Waals surface area contributed by atoms with Crippen molar-refractivity contribution < 1.29 is 4.79 Å². The van der Waals surface area contributed by atoms with Crippen LogP contribution < -0.4 is 0 Å². The summed E-state index contributed by atoms with van der Waals surface area (Å²) >= 11 is 7.32.